The number of hydrogen-bond donors (Lipinski definition) is 0. The molecule has 0 atom stereocenters. The lowest BCUT2D eigenvalue weighted by Gasteiger charge is -2.31. The number of rotatable bonds is 2. The summed E-state index contributed by atoms with van der Waals surface area (Å²) in [5.74, 6) is 0.928. The van der Waals surface area contributed by atoms with Crippen molar-refractivity contribution in [2.24, 2.45) is 0 Å². The van der Waals surface area contributed by atoms with Gasteiger partial charge in [-0.25, -0.2) is 0 Å². The maximum absolute atomic E-state index is 5.71. The van der Waals surface area contributed by atoms with Crippen LogP contribution in [0.5, 0.6) is 5.75 Å². The van der Waals surface area contributed by atoms with Crippen molar-refractivity contribution in [1.29, 1.82) is 0 Å². The SMILES string of the molecule is CN1CCN(Oc2ccccc2)CC1. The average Bonchev–Trinajstić information content (AvgIpc) is 2.23. The van der Waals surface area contributed by atoms with Crippen molar-refractivity contribution in [3.05, 3.63) is 30.3 Å². The van der Waals surface area contributed by atoms with Crippen LogP contribution in [0.15, 0.2) is 30.3 Å². The lowest BCUT2D eigenvalue weighted by atomic mass is 10.3. The van der Waals surface area contributed by atoms with Gasteiger partial charge in [0.1, 0.15) is 5.75 Å². The lowest BCUT2D eigenvalue weighted by Crippen LogP contribution is -2.45. The quantitative estimate of drug-likeness (QED) is 0.701. The van der Waals surface area contributed by atoms with Crippen LogP contribution in [0, 0.1) is 0 Å². The number of benzene rings is 1. The van der Waals surface area contributed by atoms with Gasteiger partial charge in [-0.3, -0.25) is 0 Å². The smallest absolute Gasteiger partial charge is 0.147 e. The van der Waals surface area contributed by atoms with Crippen LogP contribution in [-0.2, 0) is 0 Å². The molecule has 0 bridgehead atoms. The highest BCUT2D eigenvalue weighted by Crippen LogP contribution is 2.11. The third-order valence-electron chi connectivity index (χ3n) is 2.44. The molecule has 3 heteroatoms. The minimum atomic E-state index is 0.928. The molecule has 1 fully saturated rings. The van der Waals surface area contributed by atoms with E-state index in [9.17, 15) is 0 Å². The number of para-hydroxylation sites is 1. The Morgan fingerprint density at radius 2 is 1.64 bits per heavy atom. The van der Waals surface area contributed by atoms with E-state index in [-0.39, 0.29) is 0 Å². The zero-order valence-electron chi connectivity index (χ0n) is 8.52. The highest BCUT2D eigenvalue weighted by atomic mass is 16.7. The molecule has 0 N–H and O–H groups in total. The highest BCUT2D eigenvalue weighted by Gasteiger charge is 2.14. The molecule has 14 heavy (non-hydrogen) atoms. The third-order valence-corrected chi connectivity index (χ3v) is 2.44. The van der Waals surface area contributed by atoms with Gasteiger partial charge in [0.15, 0.2) is 0 Å². The van der Waals surface area contributed by atoms with Crippen molar-refractivity contribution in [2.75, 3.05) is 33.2 Å². The fourth-order valence-electron chi connectivity index (χ4n) is 1.51. The molecule has 0 saturated carbocycles. The summed E-state index contributed by atoms with van der Waals surface area (Å²) in [6, 6.07) is 9.95. The van der Waals surface area contributed by atoms with Gasteiger partial charge in [0, 0.05) is 26.2 Å². The molecule has 0 spiro atoms. The normalized spacial score (nSPS) is 19.5. The van der Waals surface area contributed by atoms with Gasteiger partial charge < -0.3 is 9.74 Å². The van der Waals surface area contributed by atoms with Crippen molar-refractivity contribution in [2.45, 2.75) is 0 Å². The molecular weight excluding hydrogens is 176 g/mol. The summed E-state index contributed by atoms with van der Waals surface area (Å²) in [4.78, 5) is 8.02. The van der Waals surface area contributed by atoms with Crippen LogP contribution in [0.2, 0.25) is 0 Å². The summed E-state index contributed by atoms with van der Waals surface area (Å²) in [5.41, 5.74) is 0. The topological polar surface area (TPSA) is 15.7 Å². The van der Waals surface area contributed by atoms with Crippen molar-refractivity contribution in [3.8, 4) is 5.75 Å². The summed E-state index contributed by atoms with van der Waals surface area (Å²) < 4.78 is 0. The Morgan fingerprint density at radius 3 is 2.29 bits per heavy atom. The maximum Gasteiger partial charge on any atom is 0.147 e. The third kappa shape index (κ3) is 2.47. The molecule has 1 aliphatic heterocycles. The zero-order chi connectivity index (χ0) is 9.80. The molecule has 3 nitrogen and oxygen atoms in total. The molecule has 1 aromatic carbocycles. The first-order chi connectivity index (χ1) is 6.84. The Morgan fingerprint density at radius 1 is 1.00 bits per heavy atom. The molecule has 1 saturated heterocycles. The molecular formula is C11H16N2O. The number of hydroxylamine groups is 2. The molecule has 1 aromatic rings. The molecule has 2 rings (SSSR count). The van der Waals surface area contributed by atoms with E-state index in [0.29, 0.717) is 0 Å². The van der Waals surface area contributed by atoms with E-state index in [1.54, 1.807) is 0 Å². The predicted octanol–water partition coefficient (Wildman–Crippen LogP) is 1.23. The highest BCUT2D eigenvalue weighted by molar-refractivity contribution is 5.20. The van der Waals surface area contributed by atoms with Crippen LogP contribution < -0.4 is 4.84 Å². The standard InChI is InChI=1S/C11H16N2O/c1-12-7-9-13(10-8-12)14-11-5-3-2-4-6-11/h2-6H,7-10H2,1H3. The number of nitrogens with zero attached hydrogens (tertiary/aromatic N) is 2. The van der Waals surface area contributed by atoms with Crippen LogP contribution in [0.25, 0.3) is 0 Å². The second-order valence-corrected chi connectivity index (χ2v) is 3.64. The Labute approximate surface area is 84.8 Å². The fourth-order valence-corrected chi connectivity index (χ4v) is 1.51. The van der Waals surface area contributed by atoms with Crippen molar-refractivity contribution < 1.29 is 4.84 Å². The predicted molar refractivity (Wildman–Crippen MR) is 56.1 cm³/mol. The average molecular weight is 192 g/mol. The Hall–Kier alpha value is -1.06. The van der Waals surface area contributed by atoms with Crippen LogP contribution >= 0.6 is 0 Å². The summed E-state index contributed by atoms with van der Waals surface area (Å²) in [6.07, 6.45) is 0. The Kier molecular flexibility index (Phi) is 3.01. The second kappa shape index (κ2) is 4.44. The van der Waals surface area contributed by atoms with Crippen LogP contribution in [-0.4, -0.2) is 43.2 Å². The monoisotopic (exact) mass is 192 g/mol. The second-order valence-electron chi connectivity index (χ2n) is 3.64. The first-order valence-electron chi connectivity index (χ1n) is 5.01. The van der Waals surface area contributed by atoms with Crippen LogP contribution in [0.1, 0.15) is 0 Å². The maximum atomic E-state index is 5.71. The Bertz CT molecular complexity index is 268. The fraction of sp³-hybridized carbons (Fsp3) is 0.455. The van der Waals surface area contributed by atoms with E-state index in [0.717, 1.165) is 31.9 Å². The Balaban J connectivity index is 1.87. The number of hydrogen-bond acceptors (Lipinski definition) is 3. The largest absolute Gasteiger partial charge is 0.406 e. The van der Waals surface area contributed by atoms with Crippen LogP contribution in [0.4, 0.5) is 0 Å². The molecule has 0 amide bonds. The van der Waals surface area contributed by atoms with Gasteiger partial charge in [0.2, 0.25) is 0 Å². The van der Waals surface area contributed by atoms with Gasteiger partial charge in [-0.2, -0.15) is 0 Å². The van der Waals surface area contributed by atoms with E-state index in [1.165, 1.54) is 0 Å². The molecule has 76 valence electrons. The van der Waals surface area contributed by atoms with E-state index >= 15 is 0 Å². The number of piperazine rings is 1. The summed E-state index contributed by atoms with van der Waals surface area (Å²) >= 11 is 0. The van der Waals surface area contributed by atoms with Crippen molar-refractivity contribution >= 4 is 0 Å². The van der Waals surface area contributed by atoms with Crippen LogP contribution in [0.3, 0.4) is 0 Å². The molecule has 1 aliphatic rings. The molecule has 1 heterocycles. The first-order valence-corrected chi connectivity index (χ1v) is 5.01. The van der Waals surface area contributed by atoms with Gasteiger partial charge in [-0.1, -0.05) is 18.2 Å². The molecule has 0 aromatic heterocycles. The summed E-state index contributed by atoms with van der Waals surface area (Å²) in [5, 5.41) is 2.02. The van der Waals surface area contributed by atoms with E-state index < -0.39 is 0 Å². The van der Waals surface area contributed by atoms with Crippen molar-refractivity contribution in [3.63, 3.8) is 0 Å². The first kappa shape index (κ1) is 9.49. The number of likely N-dealkylation sites (N-methyl/N-ethyl adjacent to an activating group) is 1. The van der Waals surface area contributed by atoms with Gasteiger partial charge >= 0.3 is 0 Å². The lowest BCUT2D eigenvalue weighted by molar-refractivity contribution is -0.0849. The zero-order valence-corrected chi connectivity index (χ0v) is 8.52. The van der Waals surface area contributed by atoms with Gasteiger partial charge in [0.05, 0.1) is 0 Å². The van der Waals surface area contributed by atoms with Gasteiger partial charge in [-0.15, -0.1) is 5.06 Å². The van der Waals surface area contributed by atoms with Crippen molar-refractivity contribution in [1.82, 2.24) is 9.96 Å². The molecule has 0 aliphatic carbocycles. The minimum Gasteiger partial charge on any atom is -0.406 e. The molecule has 0 radical (unpaired) electrons. The van der Waals surface area contributed by atoms with Gasteiger partial charge in [0.25, 0.3) is 0 Å². The summed E-state index contributed by atoms with van der Waals surface area (Å²) in [6.45, 7) is 4.11. The van der Waals surface area contributed by atoms with E-state index in [2.05, 4.69) is 11.9 Å². The molecule has 0 unspecified atom stereocenters. The minimum absolute atomic E-state index is 0.928. The van der Waals surface area contributed by atoms with E-state index in [1.807, 2.05) is 35.4 Å². The summed E-state index contributed by atoms with van der Waals surface area (Å²) in [7, 11) is 2.14. The van der Waals surface area contributed by atoms with Gasteiger partial charge in [-0.05, 0) is 19.2 Å². The van der Waals surface area contributed by atoms with E-state index in [4.69, 9.17) is 4.84 Å².